The van der Waals surface area contributed by atoms with Crippen LogP contribution in [0.5, 0.6) is 5.75 Å². The number of pyridine rings is 1. The molecule has 0 saturated carbocycles. The van der Waals surface area contributed by atoms with Crippen molar-refractivity contribution in [3.05, 3.63) is 64.0 Å². The van der Waals surface area contributed by atoms with E-state index >= 15 is 0 Å². The molecular weight excluding hydrogens is 490 g/mol. The number of rotatable bonds is 10. The largest absolute Gasteiger partial charge is 0.496 e. The number of benzene rings is 1. The number of anilines is 2. The summed E-state index contributed by atoms with van der Waals surface area (Å²) in [6.07, 6.45) is 4.55. The van der Waals surface area contributed by atoms with Crippen molar-refractivity contribution in [3.8, 4) is 27.4 Å². The Morgan fingerprint density at radius 1 is 1.19 bits per heavy atom. The van der Waals surface area contributed by atoms with E-state index in [-0.39, 0.29) is 5.56 Å². The maximum absolute atomic E-state index is 12.2. The monoisotopic (exact) mass is 521 g/mol. The van der Waals surface area contributed by atoms with Crippen LogP contribution in [0.15, 0.2) is 48.0 Å². The number of thiazole rings is 1. The predicted molar refractivity (Wildman–Crippen MR) is 149 cm³/mol. The highest BCUT2D eigenvalue weighted by Crippen LogP contribution is 2.39. The van der Waals surface area contributed by atoms with E-state index in [1.54, 1.807) is 46.9 Å². The molecule has 0 fully saturated rings. The molecule has 1 aromatic carbocycles. The second-order valence-corrected chi connectivity index (χ2v) is 11.0. The lowest BCUT2D eigenvalue weighted by Gasteiger charge is -2.17. The molecule has 0 aliphatic heterocycles. The van der Waals surface area contributed by atoms with Gasteiger partial charge in [0.05, 0.1) is 12.8 Å². The highest BCUT2D eigenvalue weighted by molar-refractivity contribution is 7.16. The lowest BCUT2D eigenvalue weighted by molar-refractivity contribution is 0.0697. The Bertz CT molecular complexity index is 1350. The van der Waals surface area contributed by atoms with E-state index in [9.17, 15) is 9.90 Å². The van der Waals surface area contributed by atoms with Gasteiger partial charge in [-0.05, 0) is 54.3 Å². The van der Waals surface area contributed by atoms with Crippen LogP contribution >= 0.6 is 22.7 Å². The fraction of sp³-hybridized carbons (Fsp3) is 0.321. The van der Waals surface area contributed by atoms with Crippen molar-refractivity contribution >= 4 is 39.6 Å². The maximum atomic E-state index is 12.2. The van der Waals surface area contributed by atoms with Crippen LogP contribution in [0.4, 0.5) is 10.9 Å². The Morgan fingerprint density at radius 3 is 2.64 bits per heavy atom. The number of carboxylic acids is 1. The molecule has 0 amide bonds. The first-order valence-electron chi connectivity index (χ1n) is 12.0. The van der Waals surface area contributed by atoms with Crippen molar-refractivity contribution < 1.29 is 14.6 Å². The molecule has 0 aliphatic rings. The van der Waals surface area contributed by atoms with Gasteiger partial charge >= 0.3 is 5.97 Å². The SMILES string of the molecule is CCc1ccc(-c2nc(N(C)c3ncc(-c4cccs4)cc3C(=O)O)sc2CCC(C)C)cc1OC. The summed E-state index contributed by atoms with van der Waals surface area (Å²) in [6.45, 7) is 6.54. The number of nitrogens with zero attached hydrogens (tertiary/aromatic N) is 3. The number of carboxylic acid groups (broad SMARTS) is 1. The molecule has 0 bridgehead atoms. The molecule has 0 aliphatic carbocycles. The van der Waals surface area contributed by atoms with Gasteiger partial charge in [0.25, 0.3) is 0 Å². The Morgan fingerprint density at radius 2 is 2.00 bits per heavy atom. The molecule has 0 atom stereocenters. The summed E-state index contributed by atoms with van der Waals surface area (Å²) < 4.78 is 5.63. The van der Waals surface area contributed by atoms with E-state index < -0.39 is 5.97 Å². The van der Waals surface area contributed by atoms with Crippen molar-refractivity contribution in [2.45, 2.75) is 40.0 Å². The van der Waals surface area contributed by atoms with Crippen LogP contribution in [0.1, 0.15) is 48.0 Å². The van der Waals surface area contributed by atoms with Gasteiger partial charge in [-0.1, -0.05) is 39.0 Å². The molecule has 4 rings (SSSR count). The van der Waals surface area contributed by atoms with Crippen LogP contribution in [0, 0.1) is 5.92 Å². The summed E-state index contributed by atoms with van der Waals surface area (Å²) in [6, 6.07) is 11.8. The molecule has 0 saturated heterocycles. The molecule has 188 valence electrons. The summed E-state index contributed by atoms with van der Waals surface area (Å²) in [7, 11) is 3.52. The van der Waals surface area contributed by atoms with Gasteiger partial charge < -0.3 is 14.7 Å². The van der Waals surface area contributed by atoms with Gasteiger partial charge in [0, 0.05) is 34.1 Å². The summed E-state index contributed by atoms with van der Waals surface area (Å²) >= 11 is 3.14. The molecule has 0 radical (unpaired) electrons. The van der Waals surface area contributed by atoms with Crippen LogP contribution in [0.3, 0.4) is 0 Å². The Kier molecular flexibility index (Phi) is 8.06. The first-order valence-corrected chi connectivity index (χ1v) is 13.7. The van der Waals surface area contributed by atoms with Crippen LogP contribution < -0.4 is 9.64 Å². The van der Waals surface area contributed by atoms with Gasteiger partial charge in [-0.3, -0.25) is 0 Å². The normalized spacial score (nSPS) is 11.2. The third-order valence-corrected chi connectivity index (χ3v) is 8.19. The fourth-order valence-corrected chi connectivity index (χ4v) is 5.80. The second-order valence-electron chi connectivity index (χ2n) is 9.02. The molecule has 36 heavy (non-hydrogen) atoms. The van der Waals surface area contributed by atoms with Gasteiger partial charge in [0.2, 0.25) is 0 Å². The van der Waals surface area contributed by atoms with Crippen LogP contribution in [0.25, 0.3) is 21.7 Å². The number of aryl methyl sites for hydroxylation is 2. The molecule has 3 heterocycles. The van der Waals surface area contributed by atoms with E-state index in [0.717, 1.165) is 52.3 Å². The highest BCUT2D eigenvalue weighted by atomic mass is 32.1. The molecule has 8 heteroatoms. The van der Waals surface area contributed by atoms with Gasteiger partial charge in [-0.2, -0.15) is 0 Å². The lowest BCUT2D eigenvalue weighted by Crippen LogP contribution is -2.15. The zero-order valence-electron chi connectivity index (χ0n) is 21.2. The molecule has 6 nitrogen and oxygen atoms in total. The lowest BCUT2D eigenvalue weighted by atomic mass is 10.0. The molecule has 3 aromatic heterocycles. The summed E-state index contributed by atoms with van der Waals surface area (Å²) in [4.78, 5) is 25.7. The number of thiophene rings is 1. The highest BCUT2D eigenvalue weighted by Gasteiger charge is 2.23. The topological polar surface area (TPSA) is 75.6 Å². The third-order valence-electron chi connectivity index (χ3n) is 6.08. The molecule has 1 N–H and O–H groups in total. The summed E-state index contributed by atoms with van der Waals surface area (Å²) in [5.74, 6) is 0.770. The minimum atomic E-state index is -1.01. The van der Waals surface area contributed by atoms with Gasteiger partial charge in [-0.15, -0.1) is 22.7 Å². The van der Waals surface area contributed by atoms with E-state index in [2.05, 4.69) is 37.9 Å². The van der Waals surface area contributed by atoms with E-state index in [0.29, 0.717) is 16.9 Å². The molecular formula is C28H31N3O3S2. The minimum Gasteiger partial charge on any atom is -0.496 e. The standard InChI is InChI=1S/C28H31N3O3S2/c1-6-18-10-11-19(15-22(18)34-5)25-24(12-9-17(2)3)36-28(30-25)31(4)26-21(27(32)33)14-20(16-29-26)23-8-7-13-35-23/h7-8,10-11,13-17H,6,9,12H2,1-5H3,(H,32,33). The van der Waals surface area contributed by atoms with Gasteiger partial charge in [0.1, 0.15) is 17.1 Å². The number of hydrogen-bond donors (Lipinski definition) is 1. The average molecular weight is 522 g/mol. The van der Waals surface area contributed by atoms with Crippen molar-refractivity contribution in [1.82, 2.24) is 9.97 Å². The van der Waals surface area contributed by atoms with Gasteiger partial charge in [-0.25, -0.2) is 14.8 Å². The average Bonchev–Trinajstić information content (AvgIpc) is 3.57. The number of hydrogen-bond acceptors (Lipinski definition) is 7. The quantitative estimate of drug-likeness (QED) is 0.232. The zero-order valence-corrected chi connectivity index (χ0v) is 22.9. The van der Waals surface area contributed by atoms with Crippen molar-refractivity contribution in [1.29, 1.82) is 0 Å². The Balaban J connectivity index is 1.77. The molecule has 4 aromatic rings. The van der Waals surface area contributed by atoms with Crippen LogP contribution in [0.2, 0.25) is 0 Å². The summed E-state index contributed by atoms with van der Waals surface area (Å²) in [5.41, 5.74) is 4.00. The second kappa shape index (κ2) is 11.2. The third kappa shape index (κ3) is 5.44. The number of aromatic carboxylic acids is 1. The van der Waals surface area contributed by atoms with E-state index in [1.807, 2.05) is 30.6 Å². The number of aromatic nitrogens is 2. The first kappa shape index (κ1) is 25.9. The number of carbonyl (C=O) groups is 1. The number of methoxy groups -OCH3 is 1. The van der Waals surface area contributed by atoms with Crippen LogP contribution in [-0.2, 0) is 12.8 Å². The molecule has 0 spiro atoms. The Labute approximate surface area is 220 Å². The van der Waals surface area contributed by atoms with E-state index in [1.165, 1.54) is 4.88 Å². The van der Waals surface area contributed by atoms with Crippen molar-refractivity contribution in [2.75, 3.05) is 19.1 Å². The fourth-order valence-electron chi connectivity index (χ4n) is 4.03. The van der Waals surface area contributed by atoms with E-state index in [4.69, 9.17) is 9.72 Å². The Hall–Kier alpha value is -3.23. The first-order chi connectivity index (χ1) is 17.3. The van der Waals surface area contributed by atoms with Crippen molar-refractivity contribution in [3.63, 3.8) is 0 Å². The maximum Gasteiger partial charge on any atom is 0.339 e. The summed E-state index contributed by atoms with van der Waals surface area (Å²) in [5, 5.41) is 12.7. The smallest absolute Gasteiger partial charge is 0.339 e. The predicted octanol–water partition coefficient (Wildman–Crippen LogP) is 7.56. The zero-order chi connectivity index (χ0) is 25.8. The van der Waals surface area contributed by atoms with Crippen molar-refractivity contribution in [2.24, 2.45) is 5.92 Å². The number of ether oxygens (including phenoxy) is 1. The van der Waals surface area contributed by atoms with Gasteiger partial charge in [0.15, 0.2) is 5.13 Å². The minimum absolute atomic E-state index is 0.151. The molecule has 0 unspecified atom stereocenters. The van der Waals surface area contributed by atoms with Crippen LogP contribution in [-0.4, -0.2) is 35.2 Å².